The first kappa shape index (κ1) is 11.1. The number of ether oxygens (including phenoxy) is 1. The van der Waals surface area contributed by atoms with E-state index in [4.69, 9.17) is 4.74 Å². The highest BCUT2D eigenvalue weighted by atomic mass is 32.1. The average molecular weight is 260 g/mol. The van der Waals surface area contributed by atoms with E-state index in [-0.39, 0.29) is 5.69 Å². The van der Waals surface area contributed by atoms with E-state index in [9.17, 15) is 4.79 Å². The number of rotatable bonds is 2. The number of H-pyrrole nitrogens is 1. The molecule has 0 atom stereocenters. The minimum absolute atomic E-state index is 0.125. The smallest absolute Gasteiger partial charge is 0.331 e. The molecule has 18 heavy (non-hydrogen) atoms. The van der Waals surface area contributed by atoms with Gasteiger partial charge in [0, 0.05) is 10.9 Å². The molecule has 4 nitrogen and oxygen atoms in total. The van der Waals surface area contributed by atoms with Crippen LogP contribution in [0.25, 0.3) is 16.0 Å². The molecule has 0 aliphatic heterocycles. The summed E-state index contributed by atoms with van der Waals surface area (Å²) in [6.45, 7) is 2.02. The number of fused-ring (bicyclic) bond motifs is 1. The van der Waals surface area contributed by atoms with Crippen LogP contribution in [0.3, 0.4) is 0 Å². The van der Waals surface area contributed by atoms with Gasteiger partial charge in [0.15, 0.2) is 0 Å². The maximum Gasteiger partial charge on any atom is 0.331 e. The van der Waals surface area contributed by atoms with Crippen LogP contribution in [0.4, 0.5) is 0 Å². The summed E-state index contributed by atoms with van der Waals surface area (Å²) in [7, 11) is 1.61. The Kier molecular flexibility index (Phi) is 2.48. The van der Waals surface area contributed by atoms with Crippen LogP contribution in [0.2, 0.25) is 0 Å². The summed E-state index contributed by atoms with van der Waals surface area (Å²) < 4.78 is 6.84. The van der Waals surface area contributed by atoms with Crippen molar-refractivity contribution in [2.75, 3.05) is 7.11 Å². The Balaban J connectivity index is 2.29. The highest BCUT2D eigenvalue weighted by Gasteiger charge is 2.10. The number of thiophene rings is 1. The Morgan fingerprint density at radius 2 is 2.11 bits per heavy atom. The number of methoxy groups -OCH3 is 1. The van der Waals surface area contributed by atoms with E-state index < -0.39 is 0 Å². The van der Waals surface area contributed by atoms with Crippen LogP contribution in [0.15, 0.2) is 35.1 Å². The molecule has 0 aliphatic carbocycles. The second-order valence-electron chi connectivity index (χ2n) is 4.03. The third kappa shape index (κ3) is 1.64. The molecular weight excluding hydrogens is 248 g/mol. The SMILES string of the molecule is COc1ccc2c(c1)[nH]c(=O)n2-c1ccc(C)s1. The van der Waals surface area contributed by atoms with Gasteiger partial charge < -0.3 is 9.72 Å². The van der Waals surface area contributed by atoms with E-state index in [1.807, 2.05) is 37.3 Å². The fourth-order valence-electron chi connectivity index (χ4n) is 1.98. The molecule has 0 fully saturated rings. The molecule has 0 saturated carbocycles. The summed E-state index contributed by atoms with van der Waals surface area (Å²) in [6.07, 6.45) is 0. The Bertz CT molecular complexity index is 767. The third-order valence-corrected chi connectivity index (χ3v) is 3.82. The Morgan fingerprint density at radius 3 is 2.78 bits per heavy atom. The lowest BCUT2D eigenvalue weighted by atomic mass is 10.3. The standard InChI is InChI=1S/C13H12N2O2S/c1-8-3-6-12(18-8)15-11-5-4-9(17-2)7-10(11)14-13(15)16/h3-7H,1-2H3,(H,14,16). The van der Waals surface area contributed by atoms with Crippen LogP contribution >= 0.6 is 11.3 Å². The van der Waals surface area contributed by atoms with Gasteiger partial charge in [-0.1, -0.05) is 0 Å². The van der Waals surface area contributed by atoms with Crippen LogP contribution in [0, 0.1) is 6.92 Å². The van der Waals surface area contributed by atoms with Gasteiger partial charge in [-0.25, -0.2) is 4.79 Å². The van der Waals surface area contributed by atoms with Gasteiger partial charge in [-0.15, -0.1) is 11.3 Å². The Labute approximate surface area is 107 Å². The molecule has 1 aromatic carbocycles. The zero-order chi connectivity index (χ0) is 12.7. The first-order valence-corrected chi connectivity index (χ1v) is 6.36. The van der Waals surface area contributed by atoms with Crippen molar-refractivity contribution in [3.63, 3.8) is 0 Å². The van der Waals surface area contributed by atoms with E-state index in [1.54, 1.807) is 23.0 Å². The lowest BCUT2D eigenvalue weighted by molar-refractivity contribution is 0.415. The average Bonchev–Trinajstić information content (AvgIpc) is 2.90. The number of hydrogen-bond donors (Lipinski definition) is 1. The summed E-state index contributed by atoms with van der Waals surface area (Å²) in [4.78, 5) is 16.0. The van der Waals surface area contributed by atoms with Crippen molar-refractivity contribution < 1.29 is 4.74 Å². The summed E-state index contributed by atoms with van der Waals surface area (Å²) >= 11 is 1.60. The van der Waals surface area contributed by atoms with E-state index >= 15 is 0 Å². The molecule has 0 unspecified atom stereocenters. The van der Waals surface area contributed by atoms with Gasteiger partial charge in [0.2, 0.25) is 0 Å². The zero-order valence-corrected chi connectivity index (χ0v) is 10.9. The molecule has 5 heteroatoms. The molecule has 2 aromatic heterocycles. The van der Waals surface area contributed by atoms with Gasteiger partial charge in [0.1, 0.15) is 10.8 Å². The second-order valence-corrected chi connectivity index (χ2v) is 5.30. The lowest BCUT2D eigenvalue weighted by Crippen LogP contribution is -2.13. The largest absolute Gasteiger partial charge is 0.497 e. The van der Waals surface area contributed by atoms with Gasteiger partial charge in [0.25, 0.3) is 0 Å². The molecule has 2 heterocycles. The number of aromatic nitrogens is 2. The number of aromatic amines is 1. The van der Waals surface area contributed by atoms with Crippen LogP contribution in [0.5, 0.6) is 5.75 Å². The van der Waals surface area contributed by atoms with Gasteiger partial charge >= 0.3 is 5.69 Å². The fourth-order valence-corrected chi connectivity index (χ4v) is 2.85. The van der Waals surface area contributed by atoms with E-state index in [2.05, 4.69) is 4.98 Å². The normalized spacial score (nSPS) is 11.0. The predicted octanol–water partition coefficient (Wildman–Crippen LogP) is 2.70. The maximum absolute atomic E-state index is 12.0. The minimum atomic E-state index is -0.125. The van der Waals surface area contributed by atoms with Gasteiger partial charge in [-0.05, 0) is 31.2 Å². The molecule has 0 bridgehead atoms. The molecule has 3 aromatic rings. The van der Waals surface area contributed by atoms with Crippen molar-refractivity contribution in [2.45, 2.75) is 6.92 Å². The highest BCUT2D eigenvalue weighted by Crippen LogP contribution is 2.24. The molecule has 0 radical (unpaired) electrons. The Hall–Kier alpha value is -2.01. The van der Waals surface area contributed by atoms with Crippen LogP contribution < -0.4 is 10.4 Å². The highest BCUT2D eigenvalue weighted by molar-refractivity contribution is 7.14. The molecule has 92 valence electrons. The first-order chi connectivity index (χ1) is 8.69. The van der Waals surface area contributed by atoms with E-state index in [1.165, 1.54) is 4.88 Å². The van der Waals surface area contributed by atoms with Crippen molar-refractivity contribution in [1.29, 1.82) is 0 Å². The number of nitrogens with zero attached hydrogens (tertiary/aromatic N) is 1. The summed E-state index contributed by atoms with van der Waals surface area (Å²) in [5.74, 6) is 0.735. The monoisotopic (exact) mass is 260 g/mol. The summed E-state index contributed by atoms with van der Waals surface area (Å²) in [6, 6.07) is 9.54. The summed E-state index contributed by atoms with van der Waals surface area (Å²) in [5.41, 5.74) is 1.52. The minimum Gasteiger partial charge on any atom is -0.497 e. The van der Waals surface area contributed by atoms with Crippen LogP contribution in [-0.4, -0.2) is 16.7 Å². The van der Waals surface area contributed by atoms with Crippen molar-refractivity contribution in [3.8, 4) is 10.8 Å². The van der Waals surface area contributed by atoms with Crippen molar-refractivity contribution in [3.05, 3.63) is 45.7 Å². The maximum atomic E-state index is 12.0. The molecule has 0 amide bonds. The Morgan fingerprint density at radius 1 is 1.28 bits per heavy atom. The number of hydrogen-bond acceptors (Lipinski definition) is 3. The van der Waals surface area contributed by atoms with Crippen molar-refractivity contribution in [1.82, 2.24) is 9.55 Å². The first-order valence-electron chi connectivity index (χ1n) is 5.54. The predicted molar refractivity (Wildman–Crippen MR) is 73.1 cm³/mol. The van der Waals surface area contributed by atoms with E-state index in [0.29, 0.717) is 0 Å². The number of nitrogens with one attached hydrogen (secondary N) is 1. The van der Waals surface area contributed by atoms with Crippen LogP contribution in [-0.2, 0) is 0 Å². The topological polar surface area (TPSA) is 47.0 Å². The van der Waals surface area contributed by atoms with Crippen molar-refractivity contribution >= 4 is 22.4 Å². The quantitative estimate of drug-likeness (QED) is 0.770. The molecule has 3 rings (SSSR count). The molecular formula is C13H12N2O2S. The molecule has 1 N–H and O–H groups in total. The van der Waals surface area contributed by atoms with Gasteiger partial charge in [-0.3, -0.25) is 4.57 Å². The fraction of sp³-hybridized carbons (Fsp3) is 0.154. The number of imidazole rings is 1. The summed E-state index contributed by atoms with van der Waals surface area (Å²) in [5, 5.41) is 0.925. The van der Waals surface area contributed by atoms with Crippen molar-refractivity contribution in [2.24, 2.45) is 0 Å². The van der Waals surface area contributed by atoms with Gasteiger partial charge in [-0.2, -0.15) is 0 Å². The van der Waals surface area contributed by atoms with E-state index in [0.717, 1.165) is 21.8 Å². The zero-order valence-electron chi connectivity index (χ0n) is 10.1. The lowest BCUT2D eigenvalue weighted by Gasteiger charge is -2.01. The molecule has 0 saturated heterocycles. The third-order valence-electron chi connectivity index (χ3n) is 2.84. The van der Waals surface area contributed by atoms with Gasteiger partial charge in [0.05, 0.1) is 18.1 Å². The number of aryl methyl sites for hydroxylation is 1. The number of benzene rings is 1. The second kappa shape index (κ2) is 4.03. The molecule has 0 aliphatic rings. The molecule has 0 spiro atoms. The van der Waals surface area contributed by atoms with Crippen LogP contribution in [0.1, 0.15) is 4.88 Å².